The summed E-state index contributed by atoms with van der Waals surface area (Å²) >= 11 is 0. The van der Waals surface area contributed by atoms with Crippen LogP contribution >= 0.6 is 0 Å². The molecule has 0 aliphatic heterocycles. The Bertz CT molecular complexity index is 274. The van der Waals surface area contributed by atoms with E-state index in [9.17, 15) is 0 Å². The van der Waals surface area contributed by atoms with Gasteiger partial charge in [-0.15, -0.1) is 0 Å². The molecule has 1 atom stereocenters. The third-order valence-electron chi connectivity index (χ3n) is 6.92. The summed E-state index contributed by atoms with van der Waals surface area (Å²) in [7, 11) is 0. The molecule has 0 nitrogen and oxygen atoms in total. The fraction of sp³-hybridized carbons (Fsp3) is 1.00. The highest BCUT2D eigenvalue weighted by Crippen LogP contribution is 2.50. The minimum atomic E-state index is 0.655. The normalized spacial score (nSPS) is 27.6. The van der Waals surface area contributed by atoms with Crippen LogP contribution in [-0.2, 0) is 0 Å². The molecule has 2 rings (SSSR count). The summed E-state index contributed by atoms with van der Waals surface area (Å²) in [4.78, 5) is 0. The lowest BCUT2D eigenvalue weighted by molar-refractivity contribution is 0.0799. The number of hydrogen-bond acceptors (Lipinski definition) is 0. The molecule has 2 aliphatic rings. The average Bonchev–Trinajstić information content (AvgIpc) is 2.80. The van der Waals surface area contributed by atoms with E-state index in [2.05, 4.69) is 20.8 Å². The van der Waals surface area contributed by atoms with Crippen LogP contribution in [0.3, 0.4) is 0 Å². The van der Waals surface area contributed by atoms with Crippen molar-refractivity contribution in [2.75, 3.05) is 0 Å². The van der Waals surface area contributed by atoms with Crippen molar-refractivity contribution in [3.63, 3.8) is 0 Å². The fourth-order valence-electron chi connectivity index (χ4n) is 5.37. The third-order valence-corrected chi connectivity index (χ3v) is 6.92. The smallest absolute Gasteiger partial charge is 0.0297 e. The van der Waals surface area contributed by atoms with E-state index >= 15 is 0 Å². The summed E-state index contributed by atoms with van der Waals surface area (Å²) < 4.78 is 0. The van der Waals surface area contributed by atoms with Gasteiger partial charge < -0.3 is 0 Å². The zero-order valence-electron chi connectivity index (χ0n) is 15.2. The molecule has 2 aliphatic carbocycles. The monoisotopic (exact) mass is 292 g/mol. The van der Waals surface area contributed by atoms with Crippen molar-refractivity contribution in [2.24, 2.45) is 16.7 Å². The minimum absolute atomic E-state index is 0.655. The van der Waals surface area contributed by atoms with Gasteiger partial charge >= 0.3 is 0 Å². The first-order chi connectivity index (χ1) is 10.1. The van der Waals surface area contributed by atoms with Gasteiger partial charge in [0, 0.05) is 0 Å². The molecule has 21 heavy (non-hydrogen) atoms. The molecule has 0 amide bonds. The Morgan fingerprint density at radius 1 is 0.714 bits per heavy atom. The number of hydrogen-bond donors (Lipinski definition) is 0. The largest absolute Gasteiger partial charge is 0.0654 e. The van der Waals surface area contributed by atoms with E-state index in [1.165, 1.54) is 96.3 Å². The summed E-state index contributed by atoms with van der Waals surface area (Å²) in [6, 6.07) is 0. The van der Waals surface area contributed by atoms with Gasteiger partial charge in [-0.05, 0) is 48.9 Å². The van der Waals surface area contributed by atoms with Crippen LogP contribution in [0.4, 0.5) is 0 Å². The van der Waals surface area contributed by atoms with Crippen molar-refractivity contribution < 1.29 is 0 Å². The van der Waals surface area contributed by atoms with E-state index in [1.807, 2.05) is 0 Å². The molecule has 0 radical (unpaired) electrons. The predicted octanol–water partition coefficient (Wildman–Crippen LogP) is 7.51. The molecule has 0 heteroatoms. The van der Waals surface area contributed by atoms with Gasteiger partial charge in [0.15, 0.2) is 0 Å². The first-order valence-corrected chi connectivity index (χ1v) is 10.1. The standard InChI is InChI=1S/C21H40/c1-4-13-19(21(3)16-11-7-8-12-17-21)18-20(2)14-9-5-6-10-15-20/h19H,4-18H2,1-3H3. The topological polar surface area (TPSA) is 0 Å². The molecule has 0 N–H and O–H groups in total. The van der Waals surface area contributed by atoms with Gasteiger partial charge in [0.2, 0.25) is 0 Å². The van der Waals surface area contributed by atoms with Crippen molar-refractivity contribution in [3.8, 4) is 0 Å². The molecule has 0 bridgehead atoms. The lowest BCUT2D eigenvalue weighted by Gasteiger charge is -2.43. The Morgan fingerprint density at radius 3 is 1.67 bits per heavy atom. The molecule has 0 aromatic rings. The second-order valence-corrected chi connectivity index (χ2v) is 8.98. The Labute approximate surface area is 134 Å². The zero-order valence-corrected chi connectivity index (χ0v) is 15.2. The van der Waals surface area contributed by atoms with E-state index < -0.39 is 0 Å². The van der Waals surface area contributed by atoms with Gasteiger partial charge in [0.1, 0.15) is 0 Å². The van der Waals surface area contributed by atoms with Crippen molar-refractivity contribution in [2.45, 2.75) is 117 Å². The Morgan fingerprint density at radius 2 is 1.19 bits per heavy atom. The van der Waals surface area contributed by atoms with Gasteiger partial charge in [0.05, 0.1) is 0 Å². The Kier molecular flexibility index (Phi) is 6.63. The highest BCUT2D eigenvalue weighted by Gasteiger charge is 2.38. The summed E-state index contributed by atoms with van der Waals surface area (Å²) in [5.74, 6) is 0.990. The van der Waals surface area contributed by atoms with Crippen molar-refractivity contribution in [1.82, 2.24) is 0 Å². The number of rotatable bonds is 5. The maximum atomic E-state index is 2.65. The van der Waals surface area contributed by atoms with Crippen molar-refractivity contribution >= 4 is 0 Å². The van der Waals surface area contributed by atoms with Gasteiger partial charge in [-0.1, -0.05) is 85.0 Å². The lowest BCUT2D eigenvalue weighted by Crippen LogP contribution is -2.32. The summed E-state index contributed by atoms with van der Waals surface area (Å²) in [6.07, 6.45) is 22.3. The van der Waals surface area contributed by atoms with Crippen LogP contribution in [0.1, 0.15) is 117 Å². The third kappa shape index (κ3) is 5.00. The summed E-state index contributed by atoms with van der Waals surface area (Å²) in [6.45, 7) is 7.68. The van der Waals surface area contributed by atoms with E-state index in [0.29, 0.717) is 10.8 Å². The molecule has 124 valence electrons. The molecular weight excluding hydrogens is 252 g/mol. The van der Waals surface area contributed by atoms with Crippen molar-refractivity contribution in [3.05, 3.63) is 0 Å². The highest BCUT2D eigenvalue weighted by molar-refractivity contribution is 4.89. The molecule has 2 fully saturated rings. The SMILES string of the molecule is CCCC(CC1(C)CCCCCC1)C1(C)CCCCCC1. The van der Waals surface area contributed by atoms with Crippen LogP contribution in [0.25, 0.3) is 0 Å². The van der Waals surface area contributed by atoms with Gasteiger partial charge in [0.25, 0.3) is 0 Å². The summed E-state index contributed by atoms with van der Waals surface area (Å²) in [5, 5.41) is 0. The molecule has 0 spiro atoms. The molecule has 2 saturated carbocycles. The average molecular weight is 293 g/mol. The van der Waals surface area contributed by atoms with Crippen LogP contribution in [0.2, 0.25) is 0 Å². The minimum Gasteiger partial charge on any atom is -0.0654 e. The van der Waals surface area contributed by atoms with Crippen LogP contribution in [0, 0.1) is 16.7 Å². The second kappa shape index (κ2) is 8.02. The molecular formula is C21H40. The molecule has 1 unspecified atom stereocenters. The van der Waals surface area contributed by atoms with Crippen LogP contribution in [0.15, 0.2) is 0 Å². The highest BCUT2D eigenvalue weighted by atomic mass is 14.4. The second-order valence-electron chi connectivity index (χ2n) is 8.98. The van der Waals surface area contributed by atoms with Gasteiger partial charge in [-0.3, -0.25) is 0 Å². The maximum Gasteiger partial charge on any atom is -0.0297 e. The fourth-order valence-corrected chi connectivity index (χ4v) is 5.37. The van der Waals surface area contributed by atoms with Gasteiger partial charge in [-0.2, -0.15) is 0 Å². The quantitative estimate of drug-likeness (QED) is 0.460. The molecule has 0 aromatic heterocycles. The van der Waals surface area contributed by atoms with Crippen molar-refractivity contribution in [1.29, 1.82) is 0 Å². The summed E-state index contributed by atoms with van der Waals surface area (Å²) in [5.41, 5.74) is 1.31. The van der Waals surface area contributed by atoms with Crippen LogP contribution in [-0.4, -0.2) is 0 Å². The first-order valence-electron chi connectivity index (χ1n) is 10.1. The molecule has 0 aromatic carbocycles. The van der Waals surface area contributed by atoms with Crippen LogP contribution in [0.5, 0.6) is 0 Å². The van der Waals surface area contributed by atoms with Gasteiger partial charge in [-0.25, -0.2) is 0 Å². The Hall–Kier alpha value is 0. The van der Waals surface area contributed by atoms with E-state index in [-0.39, 0.29) is 0 Å². The molecule has 0 heterocycles. The molecule has 0 saturated heterocycles. The predicted molar refractivity (Wildman–Crippen MR) is 94.6 cm³/mol. The van der Waals surface area contributed by atoms with E-state index in [4.69, 9.17) is 0 Å². The Balaban J connectivity index is 2.05. The van der Waals surface area contributed by atoms with Crippen LogP contribution < -0.4 is 0 Å². The zero-order chi connectivity index (χ0) is 15.2. The van der Waals surface area contributed by atoms with E-state index in [1.54, 1.807) is 0 Å². The van der Waals surface area contributed by atoms with E-state index in [0.717, 1.165) is 5.92 Å². The lowest BCUT2D eigenvalue weighted by atomic mass is 9.63. The first kappa shape index (κ1) is 17.4. The maximum absolute atomic E-state index is 2.65.